The summed E-state index contributed by atoms with van der Waals surface area (Å²) in [6.45, 7) is 7.56. The average molecular weight is 357 g/mol. The summed E-state index contributed by atoms with van der Waals surface area (Å²) in [7, 11) is 0. The molecular formula is C19H23N3O2S. The van der Waals surface area contributed by atoms with Gasteiger partial charge in [0.1, 0.15) is 5.82 Å². The van der Waals surface area contributed by atoms with Gasteiger partial charge in [-0.15, -0.1) is 0 Å². The van der Waals surface area contributed by atoms with E-state index in [1.54, 1.807) is 11.3 Å². The van der Waals surface area contributed by atoms with Crippen LogP contribution in [0.2, 0.25) is 0 Å². The van der Waals surface area contributed by atoms with E-state index in [1.807, 2.05) is 0 Å². The largest absolute Gasteiger partial charge is 0.378 e. The van der Waals surface area contributed by atoms with Crippen LogP contribution in [-0.2, 0) is 9.53 Å². The van der Waals surface area contributed by atoms with Gasteiger partial charge in [-0.3, -0.25) is 4.79 Å². The Labute approximate surface area is 152 Å². The highest BCUT2D eigenvalue weighted by molar-refractivity contribution is 7.16. The maximum absolute atomic E-state index is 12.2. The van der Waals surface area contributed by atoms with Crippen LogP contribution in [0, 0.1) is 0 Å². The van der Waals surface area contributed by atoms with E-state index in [-0.39, 0.29) is 11.8 Å². The molecule has 0 bridgehead atoms. The molecule has 1 atom stereocenters. The normalized spacial score (nSPS) is 20.5. The zero-order chi connectivity index (χ0) is 17.4. The fourth-order valence-electron chi connectivity index (χ4n) is 3.38. The number of benzene rings is 1. The number of nitrogens with one attached hydrogen (secondary N) is 1. The number of hydrogen-bond acceptors (Lipinski definition) is 5. The molecule has 25 heavy (non-hydrogen) atoms. The third kappa shape index (κ3) is 3.28. The number of aromatic nitrogens is 1. The Morgan fingerprint density at radius 2 is 1.96 bits per heavy atom. The number of rotatable bonds is 3. The summed E-state index contributed by atoms with van der Waals surface area (Å²) in [4.78, 5) is 20.3. The van der Waals surface area contributed by atoms with E-state index < -0.39 is 0 Å². The molecule has 0 radical (unpaired) electrons. The van der Waals surface area contributed by atoms with Gasteiger partial charge in [0.2, 0.25) is 5.91 Å². The molecule has 1 saturated heterocycles. The van der Waals surface area contributed by atoms with Crippen molar-refractivity contribution in [2.75, 3.05) is 36.5 Å². The van der Waals surface area contributed by atoms with Gasteiger partial charge in [0.05, 0.1) is 18.1 Å². The lowest BCUT2D eigenvalue weighted by Crippen LogP contribution is -2.36. The summed E-state index contributed by atoms with van der Waals surface area (Å²) in [5, 5.41) is 3.94. The second-order valence-electron chi connectivity index (χ2n) is 6.93. The van der Waals surface area contributed by atoms with Crippen LogP contribution in [0.25, 0.3) is 0 Å². The maximum atomic E-state index is 12.2. The van der Waals surface area contributed by atoms with E-state index in [1.165, 1.54) is 16.0 Å². The number of carbonyl (C=O) groups excluding carboxylic acids is 1. The highest BCUT2D eigenvalue weighted by Crippen LogP contribution is 2.43. The molecule has 0 aliphatic carbocycles. The Bertz CT molecular complexity index is 763. The highest BCUT2D eigenvalue weighted by Gasteiger charge is 2.31. The minimum absolute atomic E-state index is 0.0456. The predicted molar refractivity (Wildman–Crippen MR) is 101 cm³/mol. The number of thiazole rings is 1. The van der Waals surface area contributed by atoms with Crippen molar-refractivity contribution in [1.29, 1.82) is 0 Å². The van der Waals surface area contributed by atoms with E-state index in [9.17, 15) is 4.79 Å². The molecule has 1 aromatic heterocycles. The van der Waals surface area contributed by atoms with E-state index >= 15 is 0 Å². The molecule has 1 amide bonds. The van der Waals surface area contributed by atoms with Gasteiger partial charge in [0, 0.05) is 25.4 Å². The maximum Gasteiger partial charge on any atom is 0.226 e. The first-order valence-electron chi connectivity index (χ1n) is 8.85. The Kier molecular flexibility index (Phi) is 4.48. The second kappa shape index (κ2) is 6.77. The standard InChI is InChI=1S/C19H23N3O2S/c1-12(2)13-3-5-14(6-4-13)15-11-16(23)20-18-17(15)25-19(21-18)22-7-9-24-10-8-22/h3-6,12,15H,7-11H2,1-2H3,(H,20,23)/t15-/m0/s1. The molecule has 1 N–H and O–H groups in total. The van der Waals surface area contributed by atoms with Gasteiger partial charge in [-0.2, -0.15) is 0 Å². The summed E-state index contributed by atoms with van der Waals surface area (Å²) in [5.41, 5.74) is 2.51. The number of anilines is 2. The topological polar surface area (TPSA) is 54.5 Å². The van der Waals surface area contributed by atoms with E-state index in [0.29, 0.717) is 12.3 Å². The van der Waals surface area contributed by atoms with Crippen molar-refractivity contribution in [3.63, 3.8) is 0 Å². The molecule has 6 heteroatoms. The number of ether oxygens (including phenoxy) is 1. The van der Waals surface area contributed by atoms with Gasteiger partial charge >= 0.3 is 0 Å². The molecule has 132 valence electrons. The van der Waals surface area contributed by atoms with Crippen LogP contribution >= 0.6 is 11.3 Å². The lowest BCUT2D eigenvalue weighted by atomic mass is 9.90. The Morgan fingerprint density at radius 1 is 1.24 bits per heavy atom. The third-order valence-corrected chi connectivity index (χ3v) is 6.12. The molecule has 4 rings (SSSR count). The Balaban J connectivity index is 1.66. The van der Waals surface area contributed by atoms with Crippen molar-refractivity contribution in [1.82, 2.24) is 4.98 Å². The second-order valence-corrected chi connectivity index (χ2v) is 7.94. The first-order valence-corrected chi connectivity index (χ1v) is 9.66. The van der Waals surface area contributed by atoms with E-state index in [0.717, 1.165) is 37.3 Å². The fourth-order valence-corrected chi connectivity index (χ4v) is 4.58. The van der Waals surface area contributed by atoms with Crippen molar-refractivity contribution >= 4 is 28.2 Å². The van der Waals surface area contributed by atoms with Crippen LogP contribution < -0.4 is 10.2 Å². The van der Waals surface area contributed by atoms with Crippen molar-refractivity contribution < 1.29 is 9.53 Å². The molecule has 0 unspecified atom stereocenters. The summed E-state index contributed by atoms with van der Waals surface area (Å²) >= 11 is 1.70. The Hall–Kier alpha value is -1.92. The lowest BCUT2D eigenvalue weighted by molar-refractivity contribution is -0.116. The minimum atomic E-state index is 0.0456. The molecule has 2 aromatic rings. The van der Waals surface area contributed by atoms with Crippen molar-refractivity contribution in [2.45, 2.75) is 32.1 Å². The first-order chi connectivity index (χ1) is 12.1. The Morgan fingerprint density at radius 3 is 2.64 bits per heavy atom. The highest BCUT2D eigenvalue weighted by atomic mass is 32.1. The molecule has 5 nitrogen and oxygen atoms in total. The monoisotopic (exact) mass is 357 g/mol. The van der Waals surface area contributed by atoms with Crippen molar-refractivity contribution in [3.8, 4) is 0 Å². The van der Waals surface area contributed by atoms with Crippen molar-refractivity contribution in [2.24, 2.45) is 0 Å². The van der Waals surface area contributed by atoms with Gasteiger partial charge in [-0.25, -0.2) is 4.98 Å². The van der Waals surface area contributed by atoms with Crippen LogP contribution in [0.15, 0.2) is 24.3 Å². The molecule has 1 fully saturated rings. The number of amides is 1. The van der Waals surface area contributed by atoms with Crippen LogP contribution in [0.3, 0.4) is 0 Å². The summed E-state index contributed by atoms with van der Waals surface area (Å²) in [6, 6.07) is 8.68. The number of carbonyl (C=O) groups is 1. The van der Waals surface area contributed by atoms with Gasteiger partial charge in [0.15, 0.2) is 5.13 Å². The molecule has 3 heterocycles. The molecular weight excluding hydrogens is 334 g/mol. The van der Waals surface area contributed by atoms with Crippen LogP contribution in [0.1, 0.15) is 48.1 Å². The molecule has 0 saturated carbocycles. The summed E-state index contributed by atoms with van der Waals surface area (Å²) in [5.74, 6) is 1.39. The molecule has 1 aromatic carbocycles. The van der Waals surface area contributed by atoms with Crippen LogP contribution in [0.5, 0.6) is 0 Å². The van der Waals surface area contributed by atoms with Crippen LogP contribution in [0.4, 0.5) is 10.9 Å². The lowest BCUT2D eigenvalue weighted by Gasteiger charge is -2.26. The van der Waals surface area contributed by atoms with E-state index in [2.05, 4.69) is 48.3 Å². The molecule has 0 spiro atoms. The minimum Gasteiger partial charge on any atom is -0.378 e. The number of nitrogens with zero attached hydrogens (tertiary/aromatic N) is 2. The third-order valence-electron chi connectivity index (χ3n) is 4.89. The molecule has 2 aliphatic rings. The van der Waals surface area contributed by atoms with Crippen molar-refractivity contribution in [3.05, 3.63) is 40.3 Å². The van der Waals surface area contributed by atoms with Crippen LogP contribution in [-0.4, -0.2) is 37.2 Å². The van der Waals surface area contributed by atoms with Gasteiger partial charge in [-0.05, 0) is 17.0 Å². The summed E-state index contributed by atoms with van der Waals surface area (Å²) in [6.07, 6.45) is 0.485. The fraction of sp³-hybridized carbons (Fsp3) is 0.474. The zero-order valence-corrected chi connectivity index (χ0v) is 15.4. The molecule has 2 aliphatic heterocycles. The van der Waals surface area contributed by atoms with Gasteiger partial charge in [0.25, 0.3) is 0 Å². The zero-order valence-electron chi connectivity index (χ0n) is 14.6. The quantitative estimate of drug-likeness (QED) is 0.912. The number of morpholine rings is 1. The van der Waals surface area contributed by atoms with E-state index in [4.69, 9.17) is 9.72 Å². The predicted octanol–water partition coefficient (Wildman–Crippen LogP) is 3.58. The first kappa shape index (κ1) is 16.5. The SMILES string of the molecule is CC(C)c1ccc([C@@H]2CC(=O)Nc3nc(N4CCOCC4)sc32)cc1. The smallest absolute Gasteiger partial charge is 0.226 e. The number of fused-ring (bicyclic) bond motifs is 1. The summed E-state index contributed by atoms with van der Waals surface area (Å²) < 4.78 is 5.43. The van der Waals surface area contributed by atoms with Gasteiger partial charge < -0.3 is 15.0 Å². The van der Waals surface area contributed by atoms with Gasteiger partial charge in [-0.1, -0.05) is 49.4 Å². The average Bonchev–Trinajstić information content (AvgIpc) is 3.05. The number of hydrogen-bond donors (Lipinski definition) is 1.